The lowest BCUT2D eigenvalue weighted by Crippen LogP contribution is -2.43. The number of nitriles is 1. The Morgan fingerprint density at radius 2 is 2.10 bits per heavy atom. The lowest BCUT2D eigenvalue weighted by atomic mass is 9.78. The molecular weight excluding hydrogens is 412 g/mol. The highest BCUT2D eigenvalue weighted by molar-refractivity contribution is 7.98. The molecule has 0 radical (unpaired) electrons. The molecule has 4 rings (SSSR count). The molecule has 2 aliphatic rings. The maximum Gasteiger partial charge on any atom is 0.246 e. The maximum absolute atomic E-state index is 12.5. The number of hydrogen-bond donors (Lipinski definition) is 0. The number of carbonyl (C=O) groups excluding carboxylic acids is 1. The first-order chi connectivity index (χ1) is 14.6. The van der Waals surface area contributed by atoms with Crippen molar-refractivity contribution in [3.05, 3.63) is 51.9 Å². The Morgan fingerprint density at radius 1 is 1.30 bits per heavy atom. The quantitative estimate of drug-likeness (QED) is 0.516. The van der Waals surface area contributed by atoms with Gasteiger partial charge in [0.25, 0.3) is 0 Å². The molecule has 30 heavy (non-hydrogen) atoms. The van der Waals surface area contributed by atoms with Gasteiger partial charge in [-0.15, -0.1) is 11.8 Å². The summed E-state index contributed by atoms with van der Waals surface area (Å²) in [6.45, 7) is 4.64. The average Bonchev–Trinajstić information content (AvgIpc) is 3.43. The maximum atomic E-state index is 12.5. The third-order valence-electron chi connectivity index (χ3n) is 6.23. The van der Waals surface area contributed by atoms with E-state index in [4.69, 9.17) is 0 Å². The molecule has 0 saturated carbocycles. The van der Waals surface area contributed by atoms with Crippen LogP contribution in [0.15, 0.2) is 40.1 Å². The van der Waals surface area contributed by atoms with E-state index in [0.29, 0.717) is 11.0 Å². The van der Waals surface area contributed by atoms with Crippen LogP contribution in [0.25, 0.3) is 6.08 Å². The first-order valence-corrected chi connectivity index (χ1v) is 12.4. The molecule has 2 saturated heterocycles. The zero-order valence-electron chi connectivity index (χ0n) is 17.2. The number of likely N-dealkylation sites (tertiary alicyclic amines) is 2. The van der Waals surface area contributed by atoms with Crippen LogP contribution >= 0.6 is 23.1 Å². The summed E-state index contributed by atoms with van der Waals surface area (Å²) in [5.74, 6) is 0.122. The first-order valence-electron chi connectivity index (χ1n) is 10.3. The van der Waals surface area contributed by atoms with Crippen LogP contribution < -0.4 is 0 Å². The van der Waals surface area contributed by atoms with E-state index >= 15 is 0 Å². The number of thiophene rings is 1. The monoisotopic (exact) mass is 438 g/mol. The van der Waals surface area contributed by atoms with Crippen molar-refractivity contribution >= 4 is 35.1 Å². The Labute approximate surface area is 186 Å². The normalized spacial score (nSPS) is 18.9. The van der Waals surface area contributed by atoms with Gasteiger partial charge in [-0.3, -0.25) is 9.69 Å². The molecular formula is C23H26N4OS2. The van der Waals surface area contributed by atoms with E-state index in [1.165, 1.54) is 18.2 Å². The first kappa shape index (κ1) is 21.1. The molecule has 0 N–H and O–H groups in total. The summed E-state index contributed by atoms with van der Waals surface area (Å²) in [4.78, 5) is 21.7. The number of pyridine rings is 1. The zero-order valence-corrected chi connectivity index (χ0v) is 18.8. The van der Waals surface area contributed by atoms with E-state index in [9.17, 15) is 10.1 Å². The summed E-state index contributed by atoms with van der Waals surface area (Å²) < 4.78 is 0. The summed E-state index contributed by atoms with van der Waals surface area (Å²) in [7, 11) is 0. The number of piperidine rings is 1. The predicted molar refractivity (Wildman–Crippen MR) is 122 cm³/mol. The molecule has 1 spiro atoms. The second kappa shape index (κ2) is 9.34. The van der Waals surface area contributed by atoms with Gasteiger partial charge in [0.2, 0.25) is 5.91 Å². The summed E-state index contributed by atoms with van der Waals surface area (Å²) in [6.07, 6.45) is 8.90. The Hall–Kier alpha value is -2.14. The fourth-order valence-corrected chi connectivity index (χ4v) is 5.62. The van der Waals surface area contributed by atoms with Gasteiger partial charge in [-0.25, -0.2) is 4.98 Å². The zero-order chi connectivity index (χ0) is 21.0. The highest BCUT2D eigenvalue weighted by Crippen LogP contribution is 2.40. The van der Waals surface area contributed by atoms with Gasteiger partial charge in [0, 0.05) is 32.3 Å². The predicted octanol–water partition coefficient (Wildman–Crippen LogP) is 4.26. The molecule has 5 nitrogen and oxygen atoms in total. The van der Waals surface area contributed by atoms with Gasteiger partial charge < -0.3 is 4.90 Å². The number of thioether (sulfide) groups is 1. The molecule has 0 aromatic carbocycles. The standard InChI is InChI=1S/C23H26N4OS2/c1-29-22-19(14-24)3-4-20(25-22)15-26-10-7-23(17-26)8-11-27(12-9-23)21(28)5-2-18-6-13-30-16-18/h2-6,13,16H,7-12,15,17H2,1H3. The van der Waals surface area contributed by atoms with E-state index in [0.717, 1.165) is 61.8 Å². The fourth-order valence-electron chi connectivity index (χ4n) is 4.45. The highest BCUT2D eigenvalue weighted by atomic mass is 32.2. The van der Waals surface area contributed by atoms with E-state index in [1.807, 2.05) is 46.2 Å². The van der Waals surface area contributed by atoms with Crippen molar-refractivity contribution in [2.24, 2.45) is 5.41 Å². The van der Waals surface area contributed by atoms with Crippen LogP contribution in [0.2, 0.25) is 0 Å². The minimum atomic E-state index is 0.122. The molecule has 2 aromatic rings. The van der Waals surface area contributed by atoms with E-state index in [1.54, 1.807) is 17.4 Å². The van der Waals surface area contributed by atoms with E-state index < -0.39 is 0 Å². The number of hydrogen-bond acceptors (Lipinski definition) is 6. The molecule has 2 aliphatic heterocycles. The van der Waals surface area contributed by atoms with E-state index in [2.05, 4.69) is 16.0 Å². The molecule has 0 unspecified atom stereocenters. The van der Waals surface area contributed by atoms with E-state index in [-0.39, 0.29) is 5.91 Å². The molecule has 2 aromatic heterocycles. The van der Waals surface area contributed by atoms with Crippen molar-refractivity contribution in [2.75, 3.05) is 32.4 Å². The smallest absolute Gasteiger partial charge is 0.246 e. The van der Waals surface area contributed by atoms with Crippen LogP contribution in [0.4, 0.5) is 0 Å². The molecule has 2 fully saturated rings. The molecule has 0 bridgehead atoms. The van der Waals surface area contributed by atoms with Gasteiger partial charge >= 0.3 is 0 Å². The van der Waals surface area contributed by atoms with Crippen LogP contribution in [0.1, 0.15) is 36.1 Å². The Balaban J connectivity index is 1.30. The van der Waals surface area contributed by atoms with Gasteiger partial charge in [0.05, 0.1) is 11.3 Å². The largest absolute Gasteiger partial charge is 0.339 e. The topological polar surface area (TPSA) is 60.2 Å². The Kier molecular flexibility index (Phi) is 6.57. The molecule has 0 aliphatic carbocycles. The fraction of sp³-hybridized carbons (Fsp3) is 0.435. The average molecular weight is 439 g/mol. The van der Waals surface area contributed by atoms with Gasteiger partial charge in [0.1, 0.15) is 11.1 Å². The molecule has 7 heteroatoms. The second-order valence-electron chi connectivity index (χ2n) is 8.15. The number of amides is 1. The van der Waals surface area contributed by atoms with Crippen LogP contribution in [-0.4, -0.2) is 53.1 Å². The lowest BCUT2D eigenvalue weighted by molar-refractivity contribution is -0.128. The Morgan fingerprint density at radius 3 is 2.80 bits per heavy atom. The van der Waals surface area contributed by atoms with Crippen molar-refractivity contribution in [3.63, 3.8) is 0 Å². The third-order valence-corrected chi connectivity index (χ3v) is 7.63. The second-order valence-corrected chi connectivity index (χ2v) is 9.72. The summed E-state index contributed by atoms with van der Waals surface area (Å²) in [6, 6.07) is 8.10. The van der Waals surface area contributed by atoms with Gasteiger partial charge in [0.15, 0.2) is 0 Å². The minimum absolute atomic E-state index is 0.122. The van der Waals surface area contributed by atoms with Crippen LogP contribution in [-0.2, 0) is 11.3 Å². The van der Waals surface area contributed by atoms with Crippen LogP contribution in [0.5, 0.6) is 0 Å². The highest BCUT2D eigenvalue weighted by Gasteiger charge is 2.41. The number of aromatic nitrogens is 1. The van der Waals surface area contributed by atoms with Crippen molar-refractivity contribution in [1.29, 1.82) is 5.26 Å². The SMILES string of the molecule is CSc1nc(CN2CCC3(CCN(C(=O)C=Cc4ccsc4)CC3)C2)ccc1C#N. The van der Waals surface area contributed by atoms with Crippen LogP contribution in [0.3, 0.4) is 0 Å². The summed E-state index contributed by atoms with van der Waals surface area (Å²) >= 11 is 3.17. The number of nitrogens with zero attached hydrogens (tertiary/aromatic N) is 4. The lowest BCUT2D eigenvalue weighted by Gasteiger charge is -2.39. The van der Waals surface area contributed by atoms with Gasteiger partial charge in [-0.2, -0.15) is 16.6 Å². The van der Waals surface area contributed by atoms with Gasteiger partial charge in [-0.1, -0.05) is 0 Å². The van der Waals surface area contributed by atoms with Crippen molar-refractivity contribution in [2.45, 2.75) is 30.8 Å². The molecule has 4 heterocycles. The van der Waals surface area contributed by atoms with Crippen molar-refractivity contribution in [1.82, 2.24) is 14.8 Å². The minimum Gasteiger partial charge on any atom is -0.339 e. The third kappa shape index (κ3) is 4.77. The Bertz CT molecular complexity index is 956. The number of carbonyl (C=O) groups is 1. The molecule has 156 valence electrons. The van der Waals surface area contributed by atoms with Crippen molar-refractivity contribution < 1.29 is 4.79 Å². The molecule has 0 atom stereocenters. The van der Waals surface area contributed by atoms with Crippen molar-refractivity contribution in [3.8, 4) is 6.07 Å². The van der Waals surface area contributed by atoms with Crippen LogP contribution in [0, 0.1) is 16.7 Å². The molecule has 1 amide bonds. The summed E-state index contributed by atoms with van der Waals surface area (Å²) in [5, 5.41) is 14.1. The van der Waals surface area contributed by atoms with Gasteiger partial charge in [-0.05, 0) is 78.1 Å². The summed E-state index contributed by atoms with van der Waals surface area (Å²) in [5.41, 5.74) is 3.09. The number of rotatable bonds is 5.